The van der Waals surface area contributed by atoms with Crippen molar-refractivity contribution in [3.63, 3.8) is 0 Å². The van der Waals surface area contributed by atoms with E-state index in [9.17, 15) is 4.79 Å². The number of benzene rings is 1. The largest absolute Gasteiger partial charge is 0.296 e. The lowest BCUT2D eigenvalue weighted by molar-refractivity contribution is -0.121. The molecule has 1 aromatic carbocycles. The smallest absolute Gasteiger partial charge is 0.265 e. The third-order valence-electron chi connectivity index (χ3n) is 2.18. The van der Waals surface area contributed by atoms with Crippen molar-refractivity contribution in [2.75, 3.05) is 7.05 Å². The van der Waals surface area contributed by atoms with Crippen molar-refractivity contribution in [3.8, 4) is 0 Å². The van der Waals surface area contributed by atoms with Crippen molar-refractivity contribution >= 4 is 51.9 Å². The van der Waals surface area contributed by atoms with Gasteiger partial charge in [0.05, 0.1) is 4.91 Å². The maximum absolute atomic E-state index is 11.7. The van der Waals surface area contributed by atoms with Crippen LogP contribution < -0.4 is 0 Å². The zero-order chi connectivity index (χ0) is 11.7. The first-order chi connectivity index (χ1) is 7.59. The van der Waals surface area contributed by atoms with Gasteiger partial charge in [-0.15, -0.1) is 0 Å². The zero-order valence-electron chi connectivity index (χ0n) is 8.44. The molecule has 16 heavy (non-hydrogen) atoms. The van der Waals surface area contributed by atoms with E-state index in [1.807, 2.05) is 18.2 Å². The molecule has 82 valence electrons. The summed E-state index contributed by atoms with van der Waals surface area (Å²) in [5, 5.41) is 0.629. The fraction of sp³-hybridized carbons (Fsp3) is 0.0909. The van der Waals surface area contributed by atoms with Crippen LogP contribution in [0.3, 0.4) is 0 Å². The highest BCUT2D eigenvalue weighted by atomic mass is 35.5. The van der Waals surface area contributed by atoms with Crippen LogP contribution in [-0.2, 0) is 4.79 Å². The molecule has 1 aromatic rings. The first-order valence-corrected chi connectivity index (χ1v) is 6.16. The highest BCUT2D eigenvalue weighted by Crippen LogP contribution is 2.32. The van der Waals surface area contributed by atoms with Gasteiger partial charge in [-0.1, -0.05) is 53.8 Å². The molecule has 0 aliphatic carbocycles. The Labute approximate surface area is 108 Å². The quantitative estimate of drug-likeness (QED) is 0.577. The van der Waals surface area contributed by atoms with Crippen molar-refractivity contribution in [2.45, 2.75) is 0 Å². The van der Waals surface area contributed by atoms with Gasteiger partial charge in [-0.2, -0.15) is 0 Å². The van der Waals surface area contributed by atoms with E-state index >= 15 is 0 Å². The van der Waals surface area contributed by atoms with Crippen molar-refractivity contribution in [3.05, 3.63) is 39.8 Å². The molecule has 5 heteroatoms. The number of rotatable bonds is 1. The van der Waals surface area contributed by atoms with Crippen LogP contribution in [0.2, 0.25) is 5.02 Å². The maximum atomic E-state index is 11.7. The fourth-order valence-corrected chi connectivity index (χ4v) is 2.64. The van der Waals surface area contributed by atoms with Crippen molar-refractivity contribution < 1.29 is 4.79 Å². The number of carbonyl (C=O) groups excluding carboxylic acids is 1. The van der Waals surface area contributed by atoms with Gasteiger partial charge in [0.15, 0.2) is 0 Å². The Balaban J connectivity index is 2.37. The summed E-state index contributed by atoms with van der Waals surface area (Å²) in [5.74, 6) is -0.0741. The van der Waals surface area contributed by atoms with Crippen LogP contribution in [0.1, 0.15) is 5.56 Å². The average molecular weight is 270 g/mol. The summed E-state index contributed by atoms with van der Waals surface area (Å²) in [6.45, 7) is 0. The summed E-state index contributed by atoms with van der Waals surface area (Å²) < 4.78 is 0.573. The number of likely N-dealkylation sites (N-methyl/N-ethyl adjacent to an activating group) is 1. The lowest BCUT2D eigenvalue weighted by Crippen LogP contribution is -2.22. The number of hydrogen-bond acceptors (Lipinski definition) is 3. The molecular weight excluding hydrogens is 262 g/mol. The van der Waals surface area contributed by atoms with E-state index < -0.39 is 0 Å². The molecule has 1 heterocycles. The summed E-state index contributed by atoms with van der Waals surface area (Å²) >= 11 is 12.3. The molecule has 1 fully saturated rings. The molecule has 2 rings (SSSR count). The molecule has 0 radical (unpaired) electrons. The van der Waals surface area contributed by atoms with E-state index in [2.05, 4.69) is 0 Å². The van der Waals surface area contributed by atoms with E-state index in [0.29, 0.717) is 14.2 Å². The normalized spacial score (nSPS) is 18.6. The minimum Gasteiger partial charge on any atom is -0.296 e. The second-order valence-corrected chi connectivity index (χ2v) is 5.35. The second-order valence-electron chi connectivity index (χ2n) is 3.26. The van der Waals surface area contributed by atoms with Crippen LogP contribution in [0.15, 0.2) is 29.2 Å². The molecule has 0 aromatic heterocycles. The minimum atomic E-state index is -0.0741. The highest BCUT2D eigenvalue weighted by molar-refractivity contribution is 8.26. The first-order valence-electron chi connectivity index (χ1n) is 4.55. The van der Waals surface area contributed by atoms with Crippen molar-refractivity contribution in [1.29, 1.82) is 0 Å². The Hall–Kier alpha value is -0.840. The van der Waals surface area contributed by atoms with Gasteiger partial charge in [0.1, 0.15) is 4.32 Å². The Bertz CT molecular complexity index is 499. The van der Waals surface area contributed by atoms with Crippen molar-refractivity contribution in [1.82, 2.24) is 4.90 Å². The highest BCUT2D eigenvalue weighted by Gasteiger charge is 2.28. The van der Waals surface area contributed by atoms with Gasteiger partial charge in [0.2, 0.25) is 0 Å². The molecule has 2 nitrogen and oxygen atoms in total. The minimum absolute atomic E-state index is 0.0741. The third kappa shape index (κ3) is 2.14. The molecule has 0 atom stereocenters. The predicted octanol–water partition coefficient (Wildman–Crippen LogP) is 3.17. The predicted molar refractivity (Wildman–Crippen MR) is 72.4 cm³/mol. The molecule has 1 saturated heterocycles. The van der Waals surface area contributed by atoms with E-state index in [4.69, 9.17) is 23.8 Å². The average Bonchev–Trinajstić information content (AvgIpc) is 2.50. The fourth-order valence-electron chi connectivity index (χ4n) is 1.28. The molecule has 1 amide bonds. The Kier molecular flexibility index (Phi) is 3.33. The Morgan fingerprint density at radius 3 is 2.69 bits per heavy atom. The number of hydrogen-bond donors (Lipinski definition) is 0. The monoisotopic (exact) mass is 269 g/mol. The van der Waals surface area contributed by atoms with Crippen LogP contribution in [0, 0.1) is 0 Å². The summed E-state index contributed by atoms with van der Waals surface area (Å²) in [6, 6.07) is 7.39. The topological polar surface area (TPSA) is 20.3 Å². The maximum Gasteiger partial charge on any atom is 0.265 e. The third-order valence-corrected chi connectivity index (χ3v) is 4.01. The molecule has 0 saturated carbocycles. The van der Waals surface area contributed by atoms with Gasteiger partial charge in [0, 0.05) is 12.1 Å². The Morgan fingerprint density at radius 1 is 1.44 bits per heavy atom. The lowest BCUT2D eigenvalue weighted by atomic mass is 10.2. The van der Waals surface area contributed by atoms with Crippen LogP contribution in [0.5, 0.6) is 0 Å². The van der Waals surface area contributed by atoms with E-state index in [1.54, 1.807) is 19.2 Å². The summed E-state index contributed by atoms with van der Waals surface area (Å²) in [7, 11) is 1.67. The molecule has 0 bridgehead atoms. The number of thioether (sulfide) groups is 1. The van der Waals surface area contributed by atoms with Gasteiger partial charge in [-0.05, 0) is 17.7 Å². The first kappa shape index (κ1) is 11.6. The molecular formula is C11H8ClNOS2. The second kappa shape index (κ2) is 4.57. The molecule has 1 aliphatic rings. The Morgan fingerprint density at radius 2 is 2.12 bits per heavy atom. The molecule has 0 spiro atoms. The van der Waals surface area contributed by atoms with E-state index in [1.165, 1.54) is 16.7 Å². The number of amides is 1. The van der Waals surface area contributed by atoms with E-state index in [-0.39, 0.29) is 5.91 Å². The van der Waals surface area contributed by atoms with Gasteiger partial charge >= 0.3 is 0 Å². The van der Waals surface area contributed by atoms with Gasteiger partial charge in [-0.3, -0.25) is 9.69 Å². The van der Waals surface area contributed by atoms with Crippen molar-refractivity contribution in [2.24, 2.45) is 0 Å². The lowest BCUT2D eigenvalue weighted by Gasteiger charge is -2.03. The van der Waals surface area contributed by atoms with Gasteiger partial charge in [0.25, 0.3) is 5.91 Å². The molecule has 0 N–H and O–H groups in total. The zero-order valence-corrected chi connectivity index (χ0v) is 10.8. The van der Waals surface area contributed by atoms with E-state index in [0.717, 1.165) is 5.56 Å². The van der Waals surface area contributed by atoms with Crippen LogP contribution in [0.4, 0.5) is 0 Å². The summed E-state index contributed by atoms with van der Waals surface area (Å²) in [4.78, 5) is 13.8. The number of carbonyl (C=O) groups is 1. The number of halogens is 1. The van der Waals surface area contributed by atoms with Gasteiger partial charge in [-0.25, -0.2) is 0 Å². The summed E-state index contributed by atoms with van der Waals surface area (Å²) in [5.41, 5.74) is 0.832. The molecule has 1 aliphatic heterocycles. The number of thiocarbonyl (C=S) groups is 1. The SMILES string of the molecule is CN1C(=O)/C(=C/c2ccccc2Cl)SC1=S. The van der Waals surface area contributed by atoms with Gasteiger partial charge < -0.3 is 0 Å². The van der Waals surface area contributed by atoms with Crippen LogP contribution >= 0.6 is 35.6 Å². The van der Waals surface area contributed by atoms with Crippen LogP contribution in [0.25, 0.3) is 6.08 Å². The van der Waals surface area contributed by atoms with Crippen LogP contribution in [-0.4, -0.2) is 22.2 Å². The summed E-state index contributed by atoms with van der Waals surface area (Å²) in [6.07, 6.45) is 1.77. The number of nitrogens with zero attached hydrogens (tertiary/aromatic N) is 1. The molecule has 0 unspecified atom stereocenters. The standard InChI is InChI=1S/C11H8ClNOS2/c1-13-10(14)9(16-11(13)15)6-7-4-2-3-5-8(7)12/h2-6H,1H3/b9-6-.